The minimum absolute atomic E-state index is 0.0274. The lowest BCUT2D eigenvalue weighted by Gasteiger charge is -2.09. The average Bonchev–Trinajstić information content (AvgIpc) is 2.60. The van der Waals surface area contributed by atoms with Crippen molar-refractivity contribution in [3.8, 4) is 5.75 Å². The smallest absolute Gasteiger partial charge is 0.307 e. The normalized spacial score (nSPS) is 10.6. The highest BCUT2D eigenvalue weighted by molar-refractivity contribution is 5.70. The van der Waals surface area contributed by atoms with Crippen LogP contribution in [-0.4, -0.2) is 22.8 Å². The number of aliphatic hydroxyl groups excluding tert-OH is 1. The van der Waals surface area contributed by atoms with Gasteiger partial charge in [-0.3, -0.25) is 4.79 Å². The molecule has 134 valence electrons. The second kappa shape index (κ2) is 10.5. The Labute approximate surface area is 149 Å². The SMILES string of the molecule is O=C(O)Cc1cccc(COc2cccc(CCCCCCO)c2)c1. The van der Waals surface area contributed by atoms with E-state index in [1.54, 1.807) is 0 Å². The van der Waals surface area contributed by atoms with Crippen molar-refractivity contribution >= 4 is 5.97 Å². The Morgan fingerprint density at radius 2 is 1.60 bits per heavy atom. The zero-order chi connectivity index (χ0) is 17.9. The topological polar surface area (TPSA) is 66.8 Å². The highest BCUT2D eigenvalue weighted by Crippen LogP contribution is 2.18. The summed E-state index contributed by atoms with van der Waals surface area (Å²) in [4.78, 5) is 10.8. The standard InChI is InChI=1S/C21H26O4/c22-12-4-2-1-3-7-17-8-6-11-20(14-17)25-16-19-10-5-9-18(13-19)15-21(23)24/h5-6,8-11,13-14,22H,1-4,7,12,15-16H2,(H,23,24). The van der Waals surface area contributed by atoms with Crippen molar-refractivity contribution in [2.45, 2.75) is 45.1 Å². The van der Waals surface area contributed by atoms with Gasteiger partial charge in [-0.25, -0.2) is 0 Å². The zero-order valence-electron chi connectivity index (χ0n) is 14.5. The van der Waals surface area contributed by atoms with Gasteiger partial charge in [-0.15, -0.1) is 0 Å². The van der Waals surface area contributed by atoms with Crippen molar-refractivity contribution in [3.63, 3.8) is 0 Å². The van der Waals surface area contributed by atoms with Gasteiger partial charge in [-0.2, -0.15) is 0 Å². The Kier molecular flexibility index (Phi) is 7.99. The van der Waals surface area contributed by atoms with E-state index in [1.807, 2.05) is 36.4 Å². The van der Waals surface area contributed by atoms with Crippen LogP contribution in [0.4, 0.5) is 0 Å². The van der Waals surface area contributed by atoms with Crippen molar-refractivity contribution < 1.29 is 19.7 Å². The molecule has 4 heteroatoms. The number of rotatable bonds is 11. The van der Waals surface area contributed by atoms with Crippen LogP contribution in [0.2, 0.25) is 0 Å². The lowest BCUT2D eigenvalue weighted by molar-refractivity contribution is -0.136. The Balaban J connectivity index is 1.84. The highest BCUT2D eigenvalue weighted by atomic mass is 16.5. The van der Waals surface area contributed by atoms with Crippen molar-refractivity contribution in [1.29, 1.82) is 0 Å². The van der Waals surface area contributed by atoms with Gasteiger partial charge in [-0.05, 0) is 48.1 Å². The molecule has 2 rings (SSSR count). The van der Waals surface area contributed by atoms with E-state index >= 15 is 0 Å². The number of carboxylic acids is 1. The largest absolute Gasteiger partial charge is 0.489 e. The van der Waals surface area contributed by atoms with E-state index in [1.165, 1.54) is 5.56 Å². The highest BCUT2D eigenvalue weighted by Gasteiger charge is 2.03. The van der Waals surface area contributed by atoms with Gasteiger partial charge in [0.2, 0.25) is 0 Å². The molecule has 0 unspecified atom stereocenters. The van der Waals surface area contributed by atoms with Gasteiger partial charge < -0.3 is 14.9 Å². The lowest BCUT2D eigenvalue weighted by Crippen LogP contribution is -2.02. The second-order valence-electron chi connectivity index (χ2n) is 6.21. The summed E-state index contributed by atoms with van der Waals surface area (Å²) in [6, 6.07) is 15.6. The number of hydrogen-bond acceptors (Lipinski definition) is 3. The van der Waals surface area contributed by atoms with Gasteiger partial charge in [0, 0.05) is 6.61 Å². The van der Waals surface area contributed by atoms with Gasteiger partial charge >= 0.3 is 5.97 Å². The molecule has 0 radical (unpaired) electrons. The minimum Gasteiger partial charge on any atom is -0.489 e. The monoisotopic (exact) mass is 342 g/mol. The molecule has 0 amide bonds. The third-order valence-electron chi connectivity index (χ3n) is 4.02. The van der Waals surface area contributed by atoms with Gasteiger partial charge in [0.15, 0.2) is 0 Å². The molecule has 2 N–H and O–H groups in total. The zero-order valence-corrected chi connectivity index (χ0v) is 14.5. The summed E-state index contributed by atoms with van der Waals surface area (Å²) in [5.41, 5.74) is 3.00. The maximum absolute atomic E-state index is 10.8. The number of ether oxygens (including phenoxy) is 1. The molecule has 0 aliphatic rings. The van der Waals surface area contributed by atoms with Crippen LogP contribution in [0.25, 0.3) is 0 Å². The number of aliphatic carboxylic acids is 1. The van der Waals surface area contributed by atoms with Crippen LogP contribution in [0.1, 0.15) is 42.4 Å². The number of carboxylic acid groups (broad SMARTS) is 1. The van der Waals surface area contributed by atoms with Crippen molar-refractivity contribution in [2.75, 3.05) is 6.61 Å². The second-order valence-corrected chi connectivity index (χ2v) is 6.21. The summed E-state index contributed by atoms with van der Waals surface area (Å²) < 4.78 is 5.86. The maximum Gasteiger partial charge on any atom is 0.307 e. The summed E-state index contributed by atoms with van der Waals surface area (Å²) in [7, 11) is 0. The van der Waals surface area contributed by atoms with Crippen LogP contribution < -0.4 is 4.74 Å². The lowest BCUT2D eigenvalue weighted by atomic mass is 10.1. The van der Waals surface area contributed by atoms with Crippen LogP contribution in [-0.2, 0) is 24.2 Å². The van der Waals surface area contributed by atoms with E-state index in [9.17, 15) is 4.79 Å². The predicted octanol–water partition coefficient (Wildman–Crippen LogP) is 3.99. The van der Waals surface area contributed by atoms with Crippen LogP contribution in [0.5, 0.6) is 5.75 Å². The molecule has 2 aromatic carbocycles. The summed E-state index contributed by atoms with van der Waals surface area (Å²) in [6.07, 6.45) is 5.22. The molecule has 0 bridgehead atoms. The predicted molar refractivity (Wildman–Crippen MR) is 97.8 cm³/mol. The summed E-state index contributed by atoms with van der Waals surface area (Å²) in [5.74, 6) is 0.00116. The number of unbranched alkanes of at least 4 members (excludes halogenated alkanes) is 3. The first-order valence-corrected chi connectivity index (χ1v) is 8.79. The third-order valence-corrected chi connectivity index (χ3v) is 4.02. The van der Waals surface area contributed by atoms with E-state index in [-0.39, 0.29) is 13.0 Å². The summed E-state index contributed by atoms with van der Waals surface area (Å²) >= 11 is 0. The van der Waals surface area contributed by atoms with Crippen LogP contribution >= 0.6 is 0 Å². The fraction of sp³-hybridized carbons (Fsp3) is 0.381. The van der Waals surface area contributed by atoms with E-state index in [2.05, 4.69) is 12.1 Å². The van der Waals surface area contributed by atoms with E-state index in [0.29, 0.717) is 6.61 Å². The molecular formula is C21H26O4. The first-order valence-electron chi connectivity index (χ1n) is 8.79. The van der Waals surface area contributed by atoms with Gasteiger partial charge in [0.05, 0.1) is 6.42 Å². The minimum atomic E-state index is -0.829. The molecule has 0 saturated heterocycles. The van der Waals surface area contributed by atoms with E-state index in [4.69, 9.17) is 14.9 Å². The van der Waals surface area contributed by atoms with Crippen molar-refractivity contribution in [3.05, 3.63) is 65.2 Å². The molecule has 0 fully saturated rings. The Morgan fingerprint density at radius 1 is 0.880 bits per heavy atom. The van der Waals surface area contributed by atoms with Gasteiger partial charge in [-0.1, -0.05) is 49.2 Å². The summed E-state index contributed by atoms with van der Waals surface area (Å²) in [6.45, 7) is 0.699. The van der Waals surface area contributed by atoms with Gasteiger partial charge in [0.25, 0.3) is 0 Å². The summed E-state index contributed by atoms with van der Waals surface area (Å²) in [5, 5.41) is 17.7. The van der Waals surface area contributed by atoms with E-state index in [0.717, 1.165) is 49.0 Å². The molecule has 2 aromatic rings. The van der Waals surface area contributed by atoms with Crippen LogP contribution in [0.15, 0.2) is 48.5 Å². The molecule has 0 atom stereocenters. The molecule has 0 saturated carbocycles. The van der Waals surface area contributed by atoms with Crippen LogP contribution in [0, 0.1) is 0 Å². The molecule has 0 aliphatic heterocycles. The Bertz CT molecular complexity index is 666. The molecule has 0 aromatic heterocycles. The fourth-order valence-electron chi connectivity index (χ4n) is 2.76. The van der Waals surface area contributed by atoms with Crippen LogP contribution in [0.3, 0.4) is 0 Å². The quantitative estimate of drug-likeness (QED) is 0.606. The molecular weight excluding hydrogens is 316 g/mol. The molecule has 0 heterocycles. The Morgan fingerprint density at radius 3 is 2.40 bits per heavy atom. The first kappa shape index (κ1) is 19.0. The number of carbonyl (C=O) groups is 1. The number of benzene rings is 2. The number of hydrogen-bond donors (Lipinski definition) is 2. The molecule has 4 nitrogen and oxygen atoms in total. The third kappa shape index (κ3) is 7.40. The fourth-order valence-corrected chi connectivity index (χ4v) is 2.76. The number of aryl methyl sites for hydroxylation is 1. The van der Waals surface area contributed by atoms with Crippen molar-refractivity contribution in [2.24, 2.45) is 0 Å². The van der Waals surface area contributed by atoms with Gasteiger partial charge in [0.1, 0.15) is 12.4 Å². The molecule has 0 spiro atoms. The number of aliphatic hydroxyl groups is 1. The molecule has 0 aliphatic carbocycles. The Hall–Kier alpha value is -2.33. The van der Waals surface area contributed by atoms with Crippen molar-refractivity contribution in [1.82, 2.24) is 0 Å². The molecule has 25 heavy (non-hydrogen) atoms. The maximum atomic E-state index is 10.8. The van der Waals surface area contributed by atoms with E-state index < -0.39 is 5.97 Å². The average molecular weight is 342 g/mol. The first-order chi connectivity index (χ1) is 12.2.